The van der Waals surface area contributed by atoms with Crippen LogP contribution in [0.2, 0.25) is 0 Å². The van der Waals surface area contributed by atoms with Gasteiger partial charge in [0.2, 0.25) is 21.9 Å². The summed E-state index contributed by atoms with van der Waals surface area (Å²) in [5.74, 6) is -1.37. The quantitative estimate of drug-likeness (QED) is 0.578. The van der Waals surface area contributed by atoms with Crippen LogP contribution in [0.3, 0.4) is 0 Å². The van der Waals surface area contributed by atoms with Crippen molar-refractivity contribution in [1.29, 1.82) is 0 Å². The fraction of sp³-hybridized carbons (Fsp3) is 0.0625. The maximum Gasteiger partial charge on any atom is 0.416 e. The minimum absolute atomic E-state index is 0.110. The lowest BCUT2D eigenvalue weighted by atomic mass is 10.1. The molecule has 0 saturated carbocycles. The minimum Gasteiger partial charge on any atom is -0.368 e. The van der Waals surface area contributed by atoms with Crippen molar-refractivity contribution in [1.82, 2.24) is 14.8 Å². The number of primary sulfonamides is 1. The molecule has 152 valence electrons. The number of nitrogens with one attached hydrogen (secondary N) is 1. The Balaban J connectivity index is 1.84. The molecule has 3 rings (SSSR count). The average molecular weight is 426 g/mol. The number of nitrogens with zero attached hydrogens (tertiary/aromatic N) is 3. The number of nitrogens with two attached hydrogens (primary N) is 2. The number of carbonyl (C=O) groups is 1. The van der Waals surface area contributed by atoms with E-state index in [1.54, 1.807) is 0 Å². The largest absolute Gasteiger partial charge is 0.416 e. The molecule has 5 N–H and O–H groups in total. The summed E-state index contributed by atoms with van der Waals surface area (Å²) in [6.07, 6.45) is -4.61. The Morgan fingerprint density at radius 1 is 1.10 bits per heavy atom. The van der Waals surface area contributed by atoms with E-state index in [4.69, 9.17) is 10.9 Å². The smallest absolute Gasteiger partial charge is 0.368 e. The van der Waals surface area contributed by atoms with Crippen molar-refractivity contribution in [2.45, 2.75) is 11.1 Å². The Morgan fingerprint density at radius 2 is 1.76 bits per heavy atom. The lowest BCUT2D eigenvalue weighted by Gasteiger charge is -2.08. The number of alkyl halides is 3. The Bertz CT molecular complexity index is 1170. The van der Waals surface area contributed by atoms with E-state index < -0.39 is 27.7 Å². The first-order valence-corrected chi connectivity index (χ1v) is 9.34. The van der Waals surface area contributed by atoms with E-state index in [0.29, 0.717) is 16.4 Å². The van der Waals surface area contributed by atoms with E-state index in [2.05, 4.69) is 15.4 Å². The molecule has 0 radical (unpaired) electrons. The Morgan fingerprint density at radius 3 is 2.34 bits per heavy atom. The van der Waals surface area contributed by atoms with E-state index in [9.17, 15) is 26.4 Å². The van der Waals surface area contributed by atoms with Gasteiger partial charge in [0, 0.05) is 11.3 Å². The number of nitrogen functional groups attached to an aromatic ring is 1. The van der Waals surface area contributed by atoms with E-state index >= 15 is 0 Å². The van der Waals surface area contributed by atoms with Crippen LogP contribution in [0.15, 0.2) is 53.4 Å². The number of carbonyl (C=O) groups excluding carboxylic acids is 1. The summed E-state index contributed by atoms with van der Waals surface area (Å²) in [5.41, 5.74) is 4.74. The number of rotatable bonds is 4. The van der Waals surface area contributed by atoms with Crippen LogP contribution in [-0.2, 0) is 16.2 Å². The molecule has 0 aliphatic carbocycles. The van der Waals surface area contributed by atoms with Gasteiger partial charge in [0.1, 0.15) is 0 Å². The highest BCUT2D eigenvalue weighted by molar-refractivity contribution is 7.89. The standard InChI is InChI=1S/C16H13F3N6O3S/c17-16(18,19)10-3-1-2-9(8-10)13(26)25-14(20)23-15(24-25)22-11-4-6-12(7-5-11)29(21,27)28/h1-8H,(H2,21,27,28)(H3,20,22,23,24). The van der Waals surface area contributed by atoms with Crippen LogP contribution in [0.5, 0.6) is 0 Å². The molecular formula is C16H13F3N6O3S. The normalized spacial score (nSPS) is 12.0. The Kier molecular flexibility index (Phi) is 5.02. The van der Waals surface area contributed by atoms with Gasteiger partial charge in [-0.2, -0.15) is 22.8 Å². The van der Waals surface area contributed by atoms with E-state index in [1.807, 2.05) is 0 Å². The van der Waals surface area contributed by atoms with Gasteiger partial charge in [-0.3, -0.25) is 4.79 Å². The van der Waals surface area contributed by atoms with Crippen molar-refractivity contribution >= 4 is 33.5 Å². The van der Waals surface area contributed by atoms with E-state index in [0.717, 1.165) is 12.1 Å². The Labute approximate surface area is 162 Å². The fourth-order valence-corrected chi connectivity index (χ4v) is 2.85. The molecule has 0 aliphatic heterocycles. The third-order valence-corrected chi connectivity index (χ3v) is 4.63. The van der Waals surface area contributed by atoms with Gasteiger partial charge < -0.3 is 11.1 Å². The van der Waals surface area contributed by atoms with Crippen molar-refractivity contribution in [3.05, 3.63) is 59.7 Å². The zero-order valence-corrected chi connectivity index (χ0v) is 15.2. The third kappa shape index (κ3) is 4.52. The molecular weight excluding hydrogens is 413 g/mol. The number of hydrogen-bond donors (Lipinski definition) is 3. The molecule has 0 fully saturated rings. The van der Waals surface area contributed by atoms with Gasteiger partial charge in [0.05, 0.1) is 10.5 Å². The molecule has 0 bridgehead atoms. The van der Waals surface area contributed by atoms with E-state index in [1.165, 1.54) is 30.3 Å². The first kappa shape index (κ1) is 20.3. The number of sulfonamides is 1. The zero-order chi connectivity index (χ0) is 21.4. The highest BCUT2D eigenvalue weighted by Gasteiger charge is 2.31. The molecule has 29 heavy (non-hydrogen) atoms. The summed E-state index contributed by atoms with van der Waals surface area (Å²) in [6.45, 7) is 0. The summed E-state index contributed by atoms with van der Waals surface area (Å²) in [4.78, 5) is 16.2. The monoisotopic (exact) mass is 426 g/mol. The maximum atomic E-state index is 12.8. The highest BCUT2D eigenvalue weighted by atomic mass is 32.2. The maximum absolute atomic E-state index is 12.8. The summed E-state index contributed by atoms with van der Waals surface area (Å²) in [5, 5.41) is 11.5. The number of aromatic nitrogens is 3. The van der Waals surface area contributed by atoms with Gasteiger partial charge in [-0.1, -0.05) is 6.07 Å². The Hall–Kier alpha value is -3.45. The predicted octanol–water partition coefficient (Wildman–Crippen LogP) is 1.96. The van der Waals surface area contributed by atoms with E-state index in [-0.39, 0.29) is 22.4 Å². The van der Waals surface area contributed by atoms with Crippen LogP contribution in [0.4, 0.5) is 30.8 Å². The SMILES string of the molecule is Nc1nc(Nc2ccc(S(N)(=O)=O)cc2)nn1C(=O)c1cccc(C(F)(F)F)c1. The van der Waals surface area contributed by atoms with Crippen LogP contribution in [0.1, 0.15) is 15.9 Å². The summed E-state index contributed by atoms with van der Waals surface area (Å²) < 4.78 is 61.7. The van der Waals surface area contributed by atoms with Gasteiger partial charge in [-0.05, 0) is 42.5 Å². The van der Waals surface area contributed by atoms with Crippen LogP contribution in [0.25, 0.3) is 0 Å². The summed E-state index contributed by atoms with van der Waals surface area (Å²) in [6, 6.07) is 9.05. The molecule has 1 heterocycles. The zero-order valence-electron chi connectivity index (χ0n) is 14.4. The van der Waals surface area contributed by atoms with Crippen molar-refractivity contribution in [3.8, 4) is 0 Å². The molecule has 13 heteroatoms. The average Bonchev–Trinajstić information content (AvgIpc) is 3.00. The van der Waals surface area contributed by atoms with Gasteiger partial charge in [-0.15, -0.1) is 5.10 Å². The van der Waals surface area contributed by atoms with Gasteiger partial charge in [0.15, 0.2) is 0 Å². The minimum atomic E-state index is -4.61. The second-order valence-corrected chi connectivity index (χ2v) is 7.34. The van der Waals surface area contributed by atoms with Crippen molar-refractivity contribution < 1.29 is 26.4 Å². The number of hydrogen-bond acceptors (Lipinski definition) is 7. The molecule has 0 saturated heterocycles. The topological polar surface area (TPSA) is 146 Å². The predicted molar refractivity (Wildman–Crippen MR) is 96.7 cm³/mol. The molecule has 3 aromatic rings. The van der Waals surface area contributed by atoms with Crippen molar-refractivity contribution in [2.24, 2.45) is 5.14 Å². The second kappa shape index (κ2) is 7.18. The van der Waals surface area contributed by atoms with Crippen molar-refractivity contribution in [2.75, 3.05) is 11.1 Å². The molecule has 1 aromatic heterocycles. The molecule has 2 aromatic carbocycles. The molecule has 0 atom stereocenters. The molecule has 9 nitrogen and oxygen atoms in total. The van der Waals surface area contributed by atoms with Crippen LogP contribution >= 0.6 is 0 Å². The molecule has 0 spiro atoms. The second-order valence-electron chi connectivity index (χ2n) is 5.78. The summed E-state index contributed by atoms with van der Waals surface area (Å²) >= 11 is 0. The number of halogens is 3. The highest BCUT2D eigenvalue weighted by Crippen LogP contribution is 2.29. The van der Waals surface area contributed by atoms with Gasteiger partial charge in [0.25, 0.3) is 5.91 Å². The van der Waals surface area contributed by atoms with Crippen molar-refractivity contribution in [3.63, 3.8) is 0 Å². The lowest BCUT2D eigenvalue weighted by Crippen LogP contribution is -2.17. The molecule has 0 aliphatic rings. The molecule has 0 amide bonds. The molecule has 0 unspecified atom stereocenters. The summed E-state index contributed by atoms with van der Waals surface area (Å²) in [7, 11) is -3.86. The first-order valence-electron chi connectivity index (χ1n) is 7.79. The van der Waals surface area contributed by atoms with Gasteiger partial charge in [-0.25, -0.2) is 13.6 Å². The first-order chi connectivity index (χ1) is 13.4. The lowest BCUT2D eigenvalue weighted by molar-refractivity contribution is -0.137. The fourth-order valence-electron chi connectivity index (χ4n) is 2.33. The third-order valence-electron chi connectivity index (χ3n) is 3.70. The number of anilines is 3. The van der Waals surface area contributed by atoms with Gasteiger partial charge >= 0.3 is 6.18 Å². The van der Waals surface area contributed by atoms with Crippen LogP contribution in [0, 0.1) is 0 Å². The number of benzene rings is 2. The van der Waals surface area contributed by atoms with Crippen LogP contribution in [-0.4, -0.2) is 29.1 Å². The van der Waals surface area contributed by atoms with Crippen LogP contribution < -0.4 is 16.2 Å².